The van der Waals surface area contributed by atoms with Gasteiger partial charge in [-0.25, -0.2) is 4.79 Å². The number of carbonyl (C=O) groups is 2. The molecule has 0 aliphatic heterocycles. The number of amides is 3. The van der Waals surface area contributed by atoms with Gasteiger partial charge in [0.05, 0.1) is 0 Å². The maximum atomic E-state index is 11.9. The normalized spacial score (nSPS) is 11.7. The lowest BCUT2D eigenvalue weighted by Gasteiger charge is -2.11. The predicted octanol–water partition coefficient (Wildman–Crippen LogP) is 4.79. The average Bonchev–Trinajstić information content (AvgIpc) is 2.63. The highest BCUT2D eigenvalue weighted by Crippen LogP contribution is 2.17. The van der Waals surface area contributed by atoms with Gasteiger partial charge >= 0.3 is 6.03 Å². The molecule has 27 heavy (non-hydrogen) atoms. The molecule has 2 aromatic rings. The molecule has 3 amide bonds. The maximum Gasteiger partial charge on any atom is 0.319 e. The molecule has 3 N–H and O–H groups in total. The molecule has 1 unspecified atom stereocenters. The van der Waals surface area contributed by atoms with Crippen LogP contribution in [0.1, 0.15) is 45.2 Å². The van der Waals surface area contributed by atoms with Crippen LogP contribution in [0, 0.1) is 5.92 Å². The van der Waals surface area contributed by atoms with Crippen molar-refractivity contribution in [3.63, 3.8) is 0 Å². The Morgan fingerprint density at radius 3 is 1.74 bits per heavy atom. The highest BCUT2D eigenvalue weighted by molar-refractivity contribution is 5.92. The molecule has 2 rings (SSSR count). The van der Waals surface area contributed by atoms with Crippen LogP contribution in [0.15, 0.2) is 48.5 Å². The second-order valence-corrected chi connectivity index (χ2v) is 7.12. The lowest BCUT2D eigenvalue weighted by molar-refractivity contribution is -0.119. The second-order valence-electron chi connectivity index (χ2n) is 7.12. The number of rotatable bonds is 7. The zero-order chi connectivity index (χ0) is 19.8. The van der Waals surface area contributed by atoms with Gasteiger partial charge in [-0.3, -0.25) is 4.79 Å². The molecule has 0 bridgehead atoms. The first kappa shape index (κ1) is 20.5. The van der Waals surface area contributed by atoms with Gasteiger partial charge in [-0.15, -0.1) is 0 Å². The summed E-state index contributed by atoms with van der Waals surface area (Å²) in [5.41, 5.74) is 3.90. The average molecular weight is 367 g/mol. The molecule has 0 heterocycles. The Morgan fingerprint density at radius 1 is 0.815 bits per heavy atom. The summed E-state index contributed by atoms with van der Waals surface area (Å²) in [6.07, 6.45) is 1.62. The summed E-state index contributed by atoms with van der Waals surface area (Å²) in [6.45, 7) is 7.77. The molecule has 1 atom stereocenters. The third kappa shape index (κ3) is 6.77. The molecule has 0 aliphatic carbocycles. The highest BCUT2D eigenvalue weighted by Gasteiger charge is 2.10. The standard InChI is InChI=1S/C22H29N3O2/c1-5-16(4)21(26)24-19-10-6-17(7-11-19)14-18-8-12-20(13-9-18)25-22(27)23-15(2)3/h6-13,15-16H,5,14H2,1-4H3,(H,24,26)(H2,23,25,27). The van der Waals surface area contributed by atoms with Crippen molar-refractivity contribution >= 4 is 23.3 Å². The Kier molecular flexibility index (Phi) is 7.41. The molecule has 0 saturated heterocycles. The highest BCUT2D eigenvalue weighted by atomic mass is 16.2. The van der Waals surface area contributed by atoms with Gasteiger partial charge in [-0.2, -0.15) is 0 Å². The van der Waals surface area contributed by atoms with Crippen molar-refractivity contribution in [2.75, 3.05) is 10.6 Å². The Hall–Kier alpha value is -2.82. The minimum atomic E-state index is -0.201. The summed E-state index contributed by atoms with van der Waals surface area (Å²) in [7, 11) is 0. The first-order valence-corrected chi connectivity index (χ1v) is 9.43. The van der Waals surface area contributed by atoms with E-state index in [0.29, 0.717) is 0 Å². The Balaban J connectivity index is 1.91. The fraction of sp³-hybridized carbons (Fsp3) is 0.364. The number of hydrogen-bond acceptors (Lipinski definition) is 2. The molecule has 2 aromatic carbocycles. The molecule has 5 heteroatoms. The minimum absolute atomic E-state index is 0.0134. The number of urea groups is 1. The zero-order valence-corrected chi connectivity index (χ0v) is 16.5. The monoisotopic (exact) mass is 367 g/mol. The SMILES string of the molecule is CCC(C)C(=O)Nc1ccc(Cc2ccc(NC(=O)NC(C)C)cc2)cc1. The van der Waals surface area contributed by atoms with Crippen LogP contribution in [0.3, 0.4) is 0 Å². The number of carbonyl (C=O) groups excluding carboxylic acids is 2. The topological polar surface area (TPSA) is 70.2 Å². The summed E-state index contributed by atoms with van der Waals surface area (Å²) < 4.78 is 0. The Labute approximate surface area is 161 Å². The van der Waals surface area contributed by atoms with Crippen molar-refractivity contribution in [3.8, 4) is 0 Å². The summed E-state index contributed by atoms with van der Waals surface area (Å²) in [6, 6.07) is 15.6. The van der Waals surface area contributed by atoms with Crippen LogP contribution < -0.4 is 16.0 Å². The largest absolute Gasteiger partial charge is 0.336 e. The van der Waals surface area contributed by atoms with Crippen LogP contribution in [0.2, 0.25) is 0 Å². The van der Waals surface area contributed by atoms with E-state index < -0.39 is 0 Å². The van der Waals surface area contributed by atoms with E-state index in [2.05, 4.69) is 16.0 Å². The Bertz CT molecular complexity index is 752. The van der Waals surface area contributed by atoms with Crippen molar-refractivity contribution < 1.29 is 9.59 Å². The van der Waals surface area contributed by atoms with Gasteiger partial charge in [-0.05, 0) is 62.1 Å². The van der Waals surface area contributed by atoms with Gasteiger partial charge in [0.1, 0.15) is 0 Å². The first-order valence-electron chi connectivity index (χ1n) is 9.43. The molecule has 144 valence electrons. The van der Waals surface area contributed by atoms with Crippen LogP contribution in [-0.2, 0) is 11.2 Å². The fourth-order valence-electron chi connectivity index (χ4n) is 2.53. The van der Waals surface area contributed by atoms with Crippen molar-refractivity contribution in [2.24, 2.45) is 5.92 Å². The quantitative estimate of drug-likeness (QED) is 0.658. The van der Waals surface area contributed by atoms with Crippen molar-refractivity contribution in [3.05, 3.63) is 59.7 Å². The van der Waals surface area contributed by atoms with Crippen LogP contribution in [-0.4, -0.2) is 18.0 Å². The molecule has 0 saturated carbocycles. The van der Waals surface area contributed by atoms with E-state index >= 15 is 0 Å². The van der Waals surface area contributed by atoms with Crippen molar-refractivity contribution in [1.82, 2.24) is 5.32 Å². The zero-order valence-electron chi connectivity index (χ0n) is 16.5. The van der Waals surface area contributed by atoms with Gasteiger partial charge in [-0.1, -0.05) is 38.1 Å². The molecular weight excluding hydrogens is 338 g/mol. The van der Waals surface area contributed by atoms with Gasteiger partial charge < -0.3 is 16.0 Å². The summed E-state index contributed by atoms with van der Waals surface area (Å²) in [5.74, 6) is 0.0641. The number of benzene rings is 2. The van der Waals surface area contributed by atoms with Gasteiger partial charge in [0.25, 0.3) is 0 Å². The van der Waals surface area contributed by atoms with Crippen LogP contribution in [0.25, 0.3) is 0 Å². The van der Waals surface area contributed by atoms with E-state index in [-0.39, 0.29) is 23.9 Å². The molecule has 0 radical (unpaired) electrons. The smallest absolute Gasteiger partial charge is 0.319 e. The summed E-state index contributed by atoms with van der Waals surface area (Å²) >= 11 is 0. The van der Waals surface area contributed by atoms with Gasteiger partial charge in [0.2, 0.25) is 5.91 Å². The van der Waals surface area contributed by atoms with Gasteiger partial charge in [0, 0.05) is 23.3 Å². The van der Waals surface area contributed by atoms with E-state index in [0.717, 1.165) is 35.3 Å². The molecule has 5 nitrogen and oxygen atoms in total. The molecular formula is C22H29N3O2. The van der Waals surface area contributed by atoms with E-state index in [1.165, 1.54) is 0 Å². The molecule has 0 aromatic heterocycles. The third-order valence-corrected chi connectivity index (χ3v) is 4.32. The van der Waals surface area contributed by atoms with E-state index in [1.807, 2.05) is 76.2 Å². The maximum absolute atomic E-state index is 11.9. The van der Waals surface area contributed by atoms with Crippen LogP contribution >= 0.6 is 0 Å². The van der Waals surface area contributed by atoms with E-state index in [9.17, 15) is 9.59 Å². The second kappa shape index (κ2) is 9.76. The van der Waals surface area contributed by atoms with Crippen LogP contribution in [0.5, 0.6) is 0 Å². The number of anilines is 2. The first-order chi connectivity index (χ1) is 12.9. The fourth-order valence-corrected chi connectivity index (χ4v) is 2.53. The summed E-state index contributed by atoms with van der Waals surface area (Å²) in [5, 5.41) is 8.55. The van der Waals surface area contributed by atoms with Crippen molar-refractivity contribution in [1.29, 1.82) is 0 Å². The molecule has 0 aliphatic rings. The molecule has 0 spiro atoms. The third-order valence-electron chi connectivity index (χ3n) is 4.32. The van der Waals surface area contributed by atoms with Crippen LogP contribution in [0.4, 0.5) is 16.2 Å². The minimum Gasteiger partial charge on any atom is -0.336 e. The van der Waals surface area contributed by atoms with E-state index in [1.54, 1.807) is 0 Å². The number of hydrogen-bond donors (Lipinski definition) is 3. The van der Waals surface area contributed by atoms with E-state index in [4.69, 9.17) is 0 Å². The predicted molar refractivity (Wildman–Crippen MR) is 111 cm³/mol. The number of nitrogens with one attached hydrogen (secondary N) is 3. The lowest BCUT2D eigenvalue weighted by Crippen LogP contribution is -2.34. The Morgan fingerprint density at radius 2 is 1.30 bits per heavy atom. The summed E-state index contributed by atoms with van der Waals surface area (Å²) in [4.78, 5) is 23.7. The molecule has 0 fully saturated rings. The van der Waals surface area contributed by atoms with Gasteiger partial charge in [0.15, 0.2) is 0 Å². The lowest BCUT2D eigenvalue weighted by atomic mass is 10.0. The van der Waals surface area contributed by atoms with Crippen molar-refractivity contribution in [2.45, 2.75) is 46.6 Å².